The maximum absolute atomic E-state index is 3.79. The lowest BCUT2D eigenvalue weighted by molar-refractivity contribution is 0.130. The number of rotatable bonds is 3. The Labute approximate surface area is 146 Å². The molecule has 0 heterocycles. The molecule has 0 aromatic carbocycles. The fourth-order valence-electron chi connectivity index (χ4n) is 4.19. The molecule has 0 spiro atoms. The quantitative estimate of drug-likeness (QED) is 0.489. The zero-order chi connectivity index (χ0) is 14.7. The third-order valence-electron chi connectivity index (χ3n) is 5.34. The van der Waals surface area contributed by atoms with E-state index >= 15 is 0 Å². The maximum Gasteiger partial charge on any atom is 0.0328 e. The molecule has 0 N–H and O–H groups in total. The first-order valence-electron chi connectivity index (χ1n) is 8.70. The normalized spacial score (nSPS) is 31.5. The number of halogens is 2. The number of nitrogens with zero attached hydrogens (tertiary/aromatic N) is 1. The van der Waals surface area contributed by atoms with Crippen LogP contribution in [0.4, 0.5) is 0 Å². The first-order chi connectivity index (χ1) is 10.2. The molecular weight excluding hydrogens is 390 g/mol. The number of allylic oxidation sites excluding steroid dienone is 3. The highest BCUT2D eigenvalue weighted by atomic mass is 79.9. The number of hydrogen-bond acceptors (Lipinski definition) is 1. The second-order valence-electron chi connectivity index (χ2n) is 6.85. The zero-order valence-corrected chi connectivity index (χ0v) is 16.0. The lowest BCUT2D eigenvalue weighted by atomic mass is 9.88. The molecule has 1 nitrogen and oxygen atoms in total. The van der Waals surface area contributed by atoms with Crippen LogP contribution < -0.4 is 0 Å². The molecule has 3 rings (SSSR count). The van der Waals surface area contributed by atoms with Crippen LogP contribution in [0, 0.1) is 0 Å². The first-order valence-corrected chi connectivity index (χ1v) is 10.4. The van der Waals surface area contributed by atoms with Gasteiger partial charge in [-0.05, 0) is 55.8 Å². The summed E-state index contributed by atoms with van der Waals surface area (Å²) < 4.78 is 1.42. The summed E-state index contributed by atoms with van der Waals surface area (Å²) in [6.45, 7) is 0. The topological polar surface area (TPSA) is 3.24 Å². The zero-order valence-electron chi connectivity index (χ0n) is 12.9. The maximum atomic E-state index is 3.79. The molecule has 0 saturated heterocycles. The van der Waals surface area contributed by atoms with Gasteiger partial charge >= 0.3 is 0 Å². The average molecular weight is 417 g/mol. The monoisotopic (exact) mass is 415 g/mol. The van der Waals surface area contributed by atoms with Crippen molar-refractivity contribution in [3.63, 3.8) is 0 Å². The highest BCUT2D eigenvalue weighted by Gasteiger charge is 2.31. The van der Waals surface area contributed by atoms with Crippen molar-refractivity contribution in [3.8, 4) is 0 Å². The van der Waals surface area contributed by atoms with E-state index in [9.17, 15) is 0 Å². The Balaban J connectivity index is 1.77. The lowest BCUT2D eigenvalue weighted by Gasteiger charge is -2.45. The highest BCUT2D eigenvalue weighted by Crippen LogP contribution is 2.37. The molecule has 0 aliphatic heterocycles. The van der Waals surface area contributed by atoms with E-state index in [0.717, 1.165) is 12.1 Å². The molecule has 0 radical (unpaired) electrons. The van der Waals surface area contributed by atoms with Gasteiger partial charge in [0.15, 0.2) is 0 Å². The smallest absolute Gasteiger partial charge is 0.0328 e. The van der Waals surface area contributed by atoms with E-state index in [1.54, 1.807) is 5.70 Å². The minimum absolute atomic E-state index is 0.704. The van der Waals surface area contributed by atoms with E-state index in [-0.39, 0.29) is 0 Å². The number of hydrogen-bond donors (Lipinski definition) is 0. The standard InChI is InChI=1S/C18H27Br2N/c19-14-6-10-17(11-7-14)21(16-4-2-1-3-5-16)18-12-8-15(20)9-13-18/h6,12,15-17H,1-5,7-11,13H2/t15-,17+/m0/s1. The van der Waals surface area contributed by atoms with Crippen LogP contribution in [0.15, 0.2) is 22.3 Å². The van der Waals surface area contributed by atoms with Gasteiger partial charge in [-0.15, -0.1) is 0 Å². The SMILES string of the molecule is BrC1=CC[C@@H](N(C2=CC[C@H](Br)CC2)C2CCCCC2)CC1. The van der Waals surface area contributed by atoms with Gasteiger partial charge in [0, 0.05) is 22.6 Å². The van der Waals surface area contributed by atoms with Crippen molar-refractivity contribution in [2.75, 3.05) is 0 Å². The summed E-state index contributed by atoms with van der Waals surface area (Å²) in [5.74, 6) is 0. The predicted molar refractivity (Wildman–Crippen MR) is 98.0 cm³/mol. The van der Waals surface area contributed by atoms with Crippen molar-refractivity contribution in [2.45, 2.75) is 87.5 Å². The molecule has 21 heavy (non-hydrogen) atoms. The molecule has 2 atom stereocenters. The first kappa shape index (κ1) is 16.1. The van der Waals surface area contributed by atoms with Gasteiger partial charge in [-0.25, -0.2) is 0 Å². The summed E-state index contributed by atoms with van der Waals surface area (Å²) in [5, 5.41) is 0. The Bertz CT molecular complexity index is 409. The van der Waals surface area contributed by atoms with Gasteiger partial charge in [-0.3, -0.25) is 0 Å². The summed E-state index contributed by atoms with van der Waals surface area (Å²) >= 11 is 7.47. The molecule has 3 heteroatoms. The Morgan fingerprint density at radius 2 is 1.67 bits per heavy atom. The van der Waals surface area contributed by atoms with Crippen LogP contribution in [-0.4, -0.2) is 21.8 Å². The van der Waals surface area contributed by atoms with Crippen LogP contribution in [0.1, 0.15) is 70.6 Å². The van der Waals surface area contributed by atoms with Crippen molar-refractivity contribution < 1.29 is 0 Å². The Morgan fingerprint density at radius 3 is 2.29 bits per heavy atom. The van der Waals surface area contributed by atoms with Crippen LogP contribution >= 0.6 is 31.9 Å². The van der Waals surface area contributed by atoms with Crippen molar-refractivity contribution >= 4 is 31.9 Å². The Morgan fingerprint density at radius 1 is 0.857 bits per heavy atom. The van der Waals surface area contributed by atoms with Crippen LogP contribution in [-0.2, 0) is 0 Å². The van der Waals surface area contributed by atoms with E-state index < -0.39 is 0 Å². The molecular formula is C18H27Br2N. The number of alkyl halides is 1. The lowest BCUT2D eigenvalue weighted by Crippen LogP contribution is -2.44. The molecule has 1 saturated carbocycles. The van der Waals surface area contributed by atoms with Crippen molar-refractivity contribution in [3.05, 3.63) is 22.3 Å². The van der Waals surface area contributed by atoms with Gasteiger partial charge in [-0.1, -0.05) is 63.3 Å². The summed E-state index contributed by atoms with van der Waals surface area (Å²) in [6.07, 6.45) is 19.7. The van der Waals surface area contributed by atoms with Crippen molar-refractivity contribution in [1.29, 1.82) is 0 Å². The fourth-order valence-corrected chi connectivity index (χ4v) is 5.02. The second-order valence-corrected chi connectivity index (χ2v) is 9.16. The van der Waals surface area contributed by atoms with Gasteiger partial charge in [0.2, 0.25) is 0 Å². The fraction of sp³-hybridized carbons (Fsp3) is 0.778. The van der Waals surface area contributed by atoms with Crippen molar-refractivity contribution in [1.82, 2.24) is 4.90 Å². The molecule has 3 aliphatic carbocycles. The van der Waals surface area contributed by atoms with E-state index in [0.29, 0.717) is 4.83 Å². The predicted octanol–water partition coefficient (Wildman–Crippen LogP) is 6.28. The molecule has 0 amide bonds. The van der Waals surface area contributed by atoms with Gasteiger partial charge in [0.25, 0.3) is 0 Å². The molecule has 3 aliphatic rings. The second kappa shape index (κ2) is 7.68. The van der Waals surface area contributed by atoms with Crippen LogP contribution in [0.2, 0.25) is 0 Å². The largest absolute Gasteiger partial charge is 0.369 e. The Kier molecular flexibility index (Phi) is 5.89. The Hall–Kier alpha value is 0.240. The van der Waals surface area contributed by atoms with Gasteiger partial charge < -0.3 is 4.90 Å². The molecule has 0 aromatic rings. The molecule has 0 aromatic heterocycles. The summed E-state index contributed by atoms with van der Waals surface area (Å²) in [7, 11) is 0. The van der Waals surface area contributed by atoms with Crippen molar-refractivity contribution in [2.24, 2.45) is 0 Å². The summed E-state index contributed by atoms with van der Waals surface area (Å²) in [6, 6.07) is 1.56. The van der Waals surface area contributed by atoms with Crippen LogP contribution in [0.5, 0.6) is 0 Å². The van der Waals surface area contributed by atoms with Crippen LogP contribution in [0.25, 0.3) is 0 Å². The van der Waals surface area contributed by atoms with Crippen LogP contribution in [0.3, 0.4) is 0 Å². The third kappa shape index (κ3) is 4.16. The minimum atomic E-state index is 0.704. The van der Waals surface area contributed by atoms with Gasteiger partial charge in [-0.2, -0.15) is 0 Å². The summed E-state index contributed by atoms with van der Waals surface area (Å²) in [4.78, 5) is 3.57. The van der Waals surface area contributed by atoms with E-state index in [4.69, 9.17) is 0 Å². The molecule has 0 bridgehead atoms. The highest BCUT2D eigenvalue weighted by molar-refractivity contribution is 9.11. The van der Waals surface area contributed by atoms with Gasteiger partial charge in [0.05, 0.1) is 0 Å². The van der Waals surface area contributed by atoms with E-state index in [1.807, 2.05) is 0 Å². The van der Waals surface area contributed by atoms with E-state index in [2.05, 4.69) is 48.9 Å². The van der Waals surface area contributed by atoms with E-state index in [1.165, 1.54) is 75.1 Å². The average Bonchev–Trinajstić information content (AvgIpc) is 2.52. The minimum Gasteiger partial charge on any atom is -0.369 e. The molecule has 118 valence electrons. The van der Waals surface area contributed by atoms with Gasteiger partial charge in [0.1, 0.15) is 0 Å². The molecule has 0 unspecified atom stereocenters. The molecule has 1 fully saturated rings. The summed E-state index contributed by atoms with van der Waals surface area (Å²) in [5.41, 5.74) is 1.66. The third-order valence-corrected chi connectivity index (χ3v) is 6.90.